The maximum absolute atomic E-state index is 12.3. The second-order valence-corrected chi connectivity index (χ2v) is 5.18. The van der Waals surface area contributed by atoms with E-state index in [9.17, 15) is 14.4 Å². The lowest BCUT2D eigenvalue weighted by atomic mass is 9.99. The predicted molar refractivity (Wildman–Crippen MR) is 69.1 cm³/mol. The second kappa shape index (κ2) is 6.11. The lowest BCUT2D eigenvalue weighted by Gasteiger charge is -2.43. The van der Waals surface area contributed by atoms with Crippen molar-refractivity contribution in [1.82, 2.24) is 9.80 Å². The van der Waals surface area contributed by atoms with Crippen LogP contribution in [0.25, 0.3) is 0 Å². The Morgan fingerprint density at radius 3 is 2.55 bits per heavy atom. The first kappa shape index (κ1) is 14.6. The highest BCUT2D eigenvalue weighted by Gasteiger charge is 2.41. The molecule has 2 rings (SSSR count). The number of nitrogens with zero attached hydrogens (tertiary/aromatic N) is 2. The van der Waals surface area contributed by atoms with Crippen molar-refractivity contribution in [3.8, 4) is 0 Å². The third kappa shape index (κ3) is 2.86. The lowest BCUT2D eigenvalue weighted by Crippen LogP contribution is -2.60. The van der Waals surface area contributed by atoms with E-state index in [1.807, 2.05) is 0 Å². The van der Waals surface area contributed by atoms with E-state index < -0.39 is 17.9 Å². The van der Waals surface area contributed by atoms with Crippen molar-refractivity contribution in [3.05, 3.63) is 0 Å². The third-order valence-corrected chi connectivity index (χ3v) is 3.81. The summed E-state index contributed by atoms with van der Waals surface area (Å²) < 4.78 is 5.01. The van der Waals surface area contributed by atoms with Crippen molar-refractivity contribution in [1.29, 1.82) is 0 Å². The third-order valence-electron chi connectivity index (χ3n) is 3.81. The van der Waals surface area contributed by atoms with Gasteiger partial charge in [0.05, 0.1) is 12.5 Å². The topological polar surface area (TPSA) is 87.2 Å². The van der Waals surface area contributed by atoms with Gasteiger partial charge in [-0.3, -0.25) is 4.79 Å². The number of hydrogen-bond donors (Lipinski definition) is 1. The normalized spacial score (nSPS) is 23.1. The Balaban J connectivity index is 1.96. The number of carbonyl (C=O) groups is 3. The van der Waals surface area contributed by atoms with Crippen LogP contribution in [0.2, 0.25) is 0 Å². The Bertz CT molecular complexity index is 406. The number of carboxylic acids is 1. The van der Waals surface area contributed by atoms with Gasteiger partial charge in [-0.1, -0.05) is 0 Å². The molecule has 2 aliphatic heterocycles. The molecule has 0 bridgehead atoms. The minimum Gasteiger partial charge on any atom is -0.481 e. The molecular formula is C13H20N2O5. The molecular weight excluding hydrogens is 264 g/mol. The van der Waals surface area contributed by atoms with E-state index >= 15 is 0 Å². The number of amides is 2. The summed E-state index contributed by atoms with van der Waals surface area (Å²) in [5, 5.41) is 8.83. The summed E-state index contributed by atoms with van der Waals surface area (Å²) in [5.41, 5.74) is 0. The summed E-state index contributed by atoms with van der Waals surface area (Å²) >= 11 is 0. The fourth-order valence-corrected chi connectivity index (χ4v) is 2.62. The number of aliphatic carboxylic acids is 1. The van der Waals surface area contributed by atoms with E-state index in [4.69, 9.17) is 9.84 Å². The largest absolute Gasteiger partial charge is 0.481 e. The van der Waals surface area contributed by atoms with Crippen LogP contribution in [0.1, 0.15) is 26.2 Å². The highest BCUT2D eigenvalue weighted by atomic mass is 16.5. The van der Waals surface area contributed by atoms with Gasteiger partial charge in [0.2, 0.25) is 0 Å². The van der Waals surface area contributed by atoms with Crippen LogP contribution in [0.5, 0.6) is 0 Å². The molecule has 0 saturated carbocycles. The van der Waals surface area contributed by atoms with Gasteiger partial charge >= 0.3 is 18.0 Å². The molecule has 0 spiro atoms. The number of urea groups is 1. The standard InChI is InChI=1S/C13H20N2O5/c1-2-20-12(18)10-5-3-4-6-15(10)13(19)14-7-9(8-14)11(16)17/h9-10H,2-8H2,1H3,(H,16,17). The first-order chi connectivity index (χ1) is 9.54. The summed E-state index contributed by atoms with van der Waals surface area (Å²) in [6.45, 7) is 3.00. The van der Waals surface area contributed by atoms with Crippen LogP contribution in [-0.2, 0) is 14.3 Å². The number of hydrogen-bond acceptors (Lipinski definition) is 4. The molecule has 20 heavy (non-hydrogen) atoms. The summed E-state index contributed by atoms with van der Waals surface area (Å²) in [5.74, 6) is -1.73. The number of ether oxygens (including phenoxy) is 1. The van der Waals surface area contributed by atoms with Crippen LogP contribution >= 0.6 is 0 Å². The molecule has 7 heteroatoms. The van der Waals surface area contributed by atoms with E-state index in [-0.39, 0.29) is 25.1 Å². The van der Waals surface area contributed by atoms with Crippen LogP contribution in [-0.4, -0.2) is 65.2 Å². The van der Waals surface area contributed by atoms with Gasteiger partial charge < -0.3 is 19.6 Å². The zero-order chi connectivity index (χ0) is 14.7. The zero-order valence-corrected chi connectivity index (χ0v) is 11.6. The molecule has 0 radical (unpaired) electrons. The first-order valence-corrected chi connectivity index (χ1v) is 6.99. The summed E-state index contributed by atoms with van der Waals surface area (Å²) in [6, 6.07) is -0.777. The maximum Gasteiger partial charge on any atom is 0.328 e. The lowest BCUT2D eigenvalue weighted by molar-refractivity contribution is -0.151. The monoisotopic (exact) mass is 284 g/mol. The van der Waals surface area contributed by atoms with Crippen molar-refractivity contribution in [2.45, 2.75) is 32.2 Å². The number of likely N-dealkylation sites (tertiary alicyclic amines) is 2. The summed E-state index contributed by atoms with van der Waals surface area (Å²) in [7, 11) is 0. The van der Waals surface area contributed by atoms with Crippen LogP contribution < -0.4 is 0 Å². The molecule has 1 N–H and O–H groups in total. The highest BCUT2D eigenvalue weighted by molar-refractivity contribution is 5.85. The van der Waals surface area contributed by atoms with Crippen molar-refractivity contribution in [3.63, 3.8) is 0 Å². The molecule has 2 heterocycles. The smallest absolute Gasteiger partial charge is 0.328 e. The number of rotatable bonds is 3. The molecule has 0 aliphatic carbocycles. The highest BCUT2D eigenvalue weighted by Crippen LogP contribution is 2.24. The average Bonchev–Trinajstić information content (AvgIpc) is 2.36. The Hall–Kier alpha value is -1.79. The molecule has 0 aromatic carbocycles. The molecule has 112 valence electrons. The van der Waals surface area contributed by atoms with E-state index in [2.05, 4.69) is 0 Å². The SMILES string of the molecule is CCOC(=O)C1CCCCN1C(=O)N1CC(C(=O)O)C1. The zero-order valence-electron chi connectivity index (χ0n) is 11.6. The van der Waals surface area contributed by atoms with Gasteiger partial charge in [-0.2, -0.15) is 0 Å². The fraction of sp³-hybridized carbons (Fsp3) is 0.769. The second-order valence-electron chi connectivity index (χ2n) is 5.18. The Kier molecular flexibility index (Phi) is 4.46. The predicted octanol–water partition coefficient (Wildman–Crippen LogP) is 0.540. The van der Waals surface area contributed by atoms with Gasteiger partial charge in [-0.05, 0) is 26.2 Å². The van der Waals surface area contributed by atoms with Crippen molar-refractivity contribution < 1.29 is 24.2 Å². The van der Waals surface area contributed by atoms with Gasteiger partial charge in [-0.15, -0.1) is 0 Å². The Morgan fingerprint density at radius 1 is 1.25 bits per heavy atom. The van der Waals surface area contributed by atoms with Gasteiger partial charge in [0, 0.05) is 19.6 Å². The van der Waals surface area contributed by atoms with E-state index in [0.29, 0.717) is 19.6 Å². The Morgan fingerprint density at radius 2 is 1.95 bits per heavy atom. The molecule has 2 saturated heterocycles. The van der Waals surface area contributed by atoms with E-state index in [1.165, 1.54) is 9.80 Å². The minimum atomic E-state index is -0.880. The number of carbonyl (C=O) groups excluding carboxylic acids is 2. The van der Waals surface area contributed by atoms with Crippen molar-refractivity contribution in [2.75, 3.05) is 26.2 Å². The molecule has 1 atom stereocenters. The molecule has 2 fully saturated rings. The van der Waals surface area contributed by atoms with E-state index in [1.54, 1.807) is 6.92 Å². The van der Waals surface area contributed by atoms with Crippen molar-refractivity contribution in [2.24, 2.45) is 5.92 Å². The number of esters is 1. The first-order valence-electron chi connectivity index (χ1n) is 6.99. The molecule has 0 aromatic rings. The fourth-order valence-electron chi connectivity index (χ4n) is 2.62. The van der Waals surface area contributed by atoms with Crippen LogP contribution in [0.3, 0.4) is 0 Å². The van der Waals surface area contributed by atoms with Crippen molar-refractivity contribution >= 4 is 18.0 Å². The Labute approximate surface area is 117 Å². The number of piperidine rings is 1. The van der Waals surface area contributed by atoms with Crippen LogP contribution in [0, 0.1) is 5.92 Å². The molecule has 0 aromatic heterocycles. The quantitative estimate of drug-likeness (QED) is 0.764. The van der Waals surface area contributed by atoms with E-state index in [0.717, 1.165) is 12.8 Å². The molecule has 1 unspecified atom stereocenters. The molecule has 7 nitrogen and oxygen atoms in total. The van der Waals surface area contributed by atoms with Gasteiger partial charge in [0.15, 0.2) is 0 Å². The summed E-state index contributed by atoms with van der Waals surface area (Å²) in [6.07, 6.45) is 2.36. The van der Waals surface area contributed by atoms with Gasteiger partial charge in [0.25, 0.3) is 0 Å². The van der Waals surface area contributed by atoms with Gasteiger partial charge in [0.1, 0.15) is 6.04 Å². The summed E-state index contributed by atoms with van der Waals surface area (Å²) in [4.78, 5) is 38.0. The molecule has 2 aliphatic rings. The van der Waals surface area contributed by atoms with Crippen LogP contribution in [0.15, 0.2) is 0 Å². The minimum absolute atomic E-state index is 0.222. The van der Waals surface area contributed by atoms with Gasteiger partial charge in [-0.25, -0.2) is 9.59 Å². The maximum atomic E-state index is 12.3. The number of carboxylic acid groups (broad SMARTS) is 1. The molecule has 2 amide bonds. The average molecular weight is 284 g/mol. The van der Waals surface area contributed by atoms with Crippen LogP contribution in [0.4, 0.5) is 4.79 Å².